The van der Waals surface area contributed by atoms with Crippen LogP contribution in [-0.2, 0) is 11.3 Å². The molecule has 3 unspecified atom stereocenters. The Labute approximate surface area is 221 Å². The summed E-state index contributed by atoms with van der Waals surface area (Å²) in [6.45, 7) is 6.70. The summed E-state index contributed by atoms with van der Waals surface area (Å²) in [4.78, 5) is 7.58. The molecule has 3 aromatic heterocycles. The van der Waals surface area contributed by atoms with Gasteiger partial charge >= 0.3 is 0 Å². The third-order valence-corrected chi connectivity index (χ3v) is 8.05. The Morgan fingerprint density at radius 3 is 2.74 bits per heavy atom. The van der Waals surface area contributed by atoms with Crippen LogP contribution in [0.3, 0.4) is 0 Å². The van der Waals surface area contributed by atoms with Crippen LogP contribution in [0.25, 0.3) is 22.4 Å². The molecule has 2 aromatic carbocycles. The lowest BCUT2D eigenvalue weighted by Gasteiger charge is -2.32. The molecule has 0 amide bonds. The Bertz CT molecular complexity index is 1700. The average Bonchev–Trinajstić information content (AvgIpc) is 3.74. The number of benzene rings is 2. The molecule has 7 rings (SSSR count). The maximum absolute atomic E-state index is 9.67. The molecule has 3 atom stereocenters. The Hall–Kier alpha value is -4.19. The third kappa shape index (κ3) is 3.66. The SMILES string of the molecule is Cc1cc2c(C#N)cccc2n1-c1nc(NCc2ccccc2)c2ccc(C(C)N3CC4CC3CO4)n2n1. The quantitative estimate of drug-likeness (QED) is 0.351. The van der Waals surface area contributed by atoms with Crippen LogP contribution in [0.5, 0.6) is 0 Å². The van der Waals surface area contributed by atoms with Crippen LogP contribution in [0.15, 0.2) is 66.7 Å². The zero-order valence-electron chi connectivity index (χ0n) is 21.5. The van der Waals surface area contributed by atoms with Crippen molar-refractivity contribution in [1.29, 1.82) is 5.26 Å². The van der Waals surface area contributed by atoms with Crippen LogP contribution in [0.1, 0.15) is 41.9 Å². The van der Waals surface area contributed by atoms with Gasteiger partial charge in [0.15, 0.2) is 5.82 Å². The first kappa shape index (κ1) is 23.0. The first-order valence-corrected chi connectivity index (χ1v) is 13.2. The van der Waals surface area contributed by atoms with Gasteiger partial charge in [-0.15, -0.1) is 5.10 Å². The molecular weight excluding hydrogens is 474 g/mol. The van der Waals surface area contributed by atoms with Crippen molar-refractivity contribution in [3.8, 4) is 12.0 Å². The van der Waals surface area contributed by atoms with E-state index in [1.54, 1.807) is 0 Å². The number of nitriles is 1. The summed E-state index contributed by atoms with van der Waals surface area (Å²) in [5, 5.41) is 19.3. The van der Waals surface area contributed by atoms with Gasteiger partial charge in [-0.2, -0.15) is 10.2 Å². The highest BCUT2D eigenvalue weighted by Gasteiger charge is 2.42. The fraction of sp³-hybridized carbons (Fsp3) is 0.300. The van der Waals surface area contributed by atoms with Crippen LogP contribution in [0, 0.1) is 18.3 Å². The van der Waals surface area contributed by atoms with Gasteiger partial charge in [0.25, 0.3) is 5.95 Å². The standard InChI is InChI=1S/C30H29N7O/c1-19-13-25-22(15-31)9-6-10-27(25)36(19)30-33-29(32-16-21-7-4-3-5-8-21)28-12-11-26(37(28)34-30)20(2)35-17-24-14-23(35)18-38-24/h3-13,20,23-24H,14,16-18H2,1-2H3,(H,32,33,34). The predicted molar refractivity (Wildman–Crippen MR) is 146 cm³/mol. The molecule has 190 valence electrons. The van der Waals surface area contributed by atoms with E-state index in [2.05, 4.69) is 47.5 Å². The second kappa shape index (κ2) is 8.98. The Morgan fingerprint density at radius 1 is 1.11 bits per heavy atom. The minimum atomic E-state index is 0.189. The number of nitrogens with zero attached hydrogens (tertiary/aromatic N) is 6. The molecule has 38 heavy (non-hydrogen) atoms. The number of likely N-dealkylation sites (tertiary alicyclic amines) is 1. The fourth-order valence-corrected chi connectivity index (χ4v) is 6.13. The van der Waals surface area contributed by atoms with E-state index < -0.39 is 0 Å². The van der Waals surface area contributed by atoms with Gasteiger partial charge in [0.05, 0.1) is 35.6 Å². The highest BCUT2D eigenvalue weighted by Crippen LogP contribution is 2.36. The molecule has 0 aliphatic carbocycles. The third-order valence-electron chi connectivity index (χ3n) is 8.05. The molecule has 1 N–H and O–H groups in total. The fourth-order valence-electron chi connectivity index (χ4n) is 6.13. The van der Waals surface area contributed by atoms with Gasteiger partial charge in [-0.1, -0.05) is 36.4 Å². The maximum atomic E-state index is 9.67. The van der Waals surface area contributed by atoms with Crippen molar-refractivity contribution in [3.63, 3.8) is 0 Å². The predicted octanol–water partition coefficient (Wildman–Crippen LogP) is 5.00. The van der Waals surface area contributed by atoms with Crippen molar-refractivity contribution in [1.82, 2.24) is 24.1 Å². The molecule has 0 saturated carbocycles. The van der Waals surface area contributed by atoms with E-state index in [9.17, 15) is 5.26 Å². The monoisotopic (exact) mass is 503 g/mol. The van der Waals surface area contributed by atoms with Crippen LogP contribution in [0.4, 0.5) is 5.82 Å². The van der Waals surface area contributed by atoms with Gasteiger partial charge < -0.3 is 10.1 Å². The van der Waals surface area contributed by atoms with Crippen LogP contribution in [0.2, 0.25) is 0 Å². The number of morpholine rings is 1. The van der Waals surface area contributed by atoms with Gasteiger partial charge in [-0.05, 0) is 56.2 Å². The molecule has 0 spiro atoms. The normalized spacial score (nSPS) is 19.8. The number of nitrogens with one attached hydrogen (secondary N) is 1. The topological polar surface area (TPSA) is 83.4 Å². The summed E-state index contributed by atoms with van der Waals surface area (Å²) in [5.41, 5.74) is 5.80. The van der Waals surface area contributed by atoms with E-state index in [1.165, 1.54) is 5.56 Å². The van der Waals surface area contributed by atoms with Gasteiger partial charge in [0.1, 0.15) is 5.52 Å². The van der Waals surface area contributed by atoms with Crippen LogP contribution in [-0.4, -0.2) is 49.4 Å². The highest BCUT2D eigenvalue weighted by atomic mass is 16.5. The van der Waals surface area contributed by atoms with Crippen molar-refractivity contribution in [2.75, 3.05) is 18.5 Å². The minimum Gasteiger partial charge on any atom is -0.375 e. The Kier molecular flexibility index (Phi) is 5.43. The first-order valence-electron chi connectivity index (χ1n) is 13.2. The average molecular weight is 504 g/mol. The molecule has 5 heterocycles. The van der Waals surface area contributed by atoms with Gasteiger partial charge in [-0.3, -0.25) is 9.47 Å². The van der Waals surface area contributed by atoms with Crippen molar-refractivity contribution in [2.45, 2.75) is 45.0 Å². The number of hydrogen-bond acceptors (Lipinski definition) is 6. The number of anilines is 1. The molecule has 8 nitrogen and oxygen atoms in total. The number of fused-ring (bicyclic) bond motifs is 4. The highest BCUT2D eigenvalue weighted by molar-refractivity contribution is 5.88. The second-order valence-corrected chi connectivity index (χ2v) is 10.3. The molecular formula is C30H29N7O. The summed E-state index contributed by atoms with van der Waals surface area (Å²) < 4.78 is 9.95. The van der Waals surface area contributed by atoms with Gasteiger partial charge in [0, 0.05) is 36.3 Å². The summed E-state index contributed by atoms with van der Waals surface area (Å²) in [7, 11) is 0. The first-order chi connectivity index (χ1) is 18.6. The molecule has 2 aliphatic rings. The van der Waals surface area contributed by atoms with Crippen LogP contribution < -0.4 is 5.32 Å². The largest absolute Gasteiger partial charge is 0.375 e. The van der Waals surface area contributed by atoms with Gasteiger partial charge in [-0.25, -0.2) is 4.52 Å². The van der Waals surface area contributed by atoms with Gasteiger partial charge in [0.2, 0.25) is 0 Å². The molecule has 2 aliphatic heterocycles. The van der Waals surface area contributed by atoms with E-state index in [0.29, 0.717) is 30.2 Å². The lowest BCUT2D eigenvalue weighted by molar-refractivity contribution is 0.0132. The number of hydrogen-bond donors (Lipinski definition) is 1. The summed E-state index contributed by atoms with van der Waals surface area (Å²) in [6, 6.07) is 25.4. The summed E-state index contributed by atoms with van der Waals surface area (Å²) >= 11 is 0. The Morgan fingerprint density at radius 2 is 1.97 bits per heavy atom. The lowest BCUT2D eigenvalue weighted by Crippen LogP contribution is -2.39. The van der Waals surface area contributed by atoms with E-state index >= 15 is 0 Å². The molecule has 2 saturated heterocycles. The van der Waals surface area contributed by atoms with Crippen molar-refractivity contribution in [2.24, 2.45) is 0 Å². The van der Waals surface area contributed by atoms with E-state index in [1.807, 2.05) is 58.5 Å². The molecule has 8 heteroatoms. The number of aryl methyl sites for hydroxylation is 1. The second-order valence-electron chi connectivity index (χ2n) is 10.3. The molecule has 2 fully saturated rings. The Balaban J connectivity index is 1.37. The molecule has 2 bridgehead atoms. The molecule has 0 radical (unpaired) electrons. The van der Waals surface area contributed by atoms with E-state index in [4.69, 9.17) is 14.8 Å². The number of rotatable bonds is 6. The van der Waals surface area contributed by atoms with Crippen molar-refractivity contribution in [3.05, 3.63) is 89.2 Å². The lowest BCUT2D eigenvalue weighted by atomic mass is 10.1. The van der Waals surface area contributed by atoms with E-state index in [-0.39, 0.29) is 6.04 Å². The maximum Gasteiger partial charge on any atom is 0.254 e. The zero-order valence-corrected chi connectivity index (χ0v) is 21.5. The smallest absolute Gasteiger partial charge is 0.254 e. The van der Waals surface area contributed by atoms with E-state index in [0.717, 1.165) is 53.2 Å². The summed E-state index contributed by atoms with van der Waals surface area (Å²) in [6.07, 6.45) is 1.44. The van der Waals surface area contributed by atoms with Crippen molar-refractivity contribution < 1.29 is 4.74 Å². The van der Waals surface area contributed by atoms with Crippen LogP contribution >= 0.6 is 0 Å². The zero-order chi connectivity index (χ0) is 25.8. The summed E-state index contributed by atoms with van der Waals surface area (Å²) in [5.74, 6) is 1.35. The number of ether oxygens (including phenoxy) is 1. The minimum absolute atomic E-state index is 0.189. The van der Waals surface area contributed by atoms with Crippen molar-refractivity contribution >= 4 is 22.2 Å². The number of aromatic nitrogens is 4. The molecule has 5 aromatic rings.